The van der Waals surface area contributed by atoms with E-state index in [-0.39, 0.29) is 38.2 Å². The van der Waals surface area contributed by atoms with Crippen LogP contribution < -0.4 is 5.32 Å². The molecular formula is C16H28LiNO8. The summed E-state index contributed by atoms with van der Waals surface area (Å²) < 4.78 is 15.7. The average Bonchev–Trinajstić information content (AvgIpc) is 2.49. The first kappa shape index (κ1) is 24.7. The molecule has 146 valence electrons. The Morgan fingerprint density at radius 2 is 1.77 bits per heavy atom. The van der Waals surface area contributed by atoms with Gasteiger partial charge in [0.05, 0.1) is 0 Å². The van der Waals surface area contributed by atoms with Crippen molar-refractivity contribution >= 4 is 36.9 Å². The van der Waals surface area contributed by atoms with Gasteiger partial charge in [-0.1, -0.05) is 0 Å². The Balaban J connectivity index is 0.00000625. The van der Waals surface area contributed by atoms with Gasteiger partial charge in [0.1, 0.15) is 5.60 Å². The normalized spacial score (nSPS) is 17.7. The summed E-state index contributed by atoms with van der Waals surface area (Å²) in [5, 5.41) is 21.3. The maximum absolute atomic E-state index is 11.6. The van der Waals surface area contributed by atoms with Crippen molar-refractivity contribution in [1.82, 2.24) is 5.32 Å². The third kappa shape index (κ3) is 7.95. The first-order valence-electron chi connectivity index (χ1n) is 8.30. The van der Waals surface area contributed by atoms with E-state index in [0.717, 1.165) is 12.8 Å². The molecule has 0 aromatic rings. The molecule has 1 fully saturated rings. The van der Waals surface area contributed by atoms with E-state index in [1.807, 2.05) is 0 Å². The summed E-state index contributed by atoms with van der Waals surface area (Å²) in [5.74, 6) is -3.18. The minimum absolute atomic E-state index is 0. The van der Waals surface area contributed by atoms with Crippen molar-refractivity contribution in [3.05, 3.63) is 0 Å². The third-order valence-electron chi connectivity index (χ3n) is 3.54. The summed E-state index contributed by atoms with van der Waals surface area (Å²) in [5.41, 5.74) is -3.06. The van der Waals surface area contributed by atoms with Gasteiger partial charge in [-0.15, -0.1) is 0 Å². The van der Waals surface area contributed by atoms with Crippen LogP contribution in [0.25, 0.3) is 0 Å². The summed E-state index contributed by atoms with van der Waals surface area (Å²) in [4.78, 5) is 34.7. The number of hydrogen-bond acceptors (Lipinski definition) is 6. The van der Waals surface area contributed by atoms with Crippen LogP contribution in [0.5, 0.6) is 0 Å². The van der Waals surface area contributed by atoms with Gasteiger partial charge in [0.25, 0.3) is 5.60 Å². The number of carboxylic acids is 2. The van der Waals surface area contributed by atoms with Crippen molar-refractivity contribution in [2.45, 2.75) is 70.4 Å². The van der Waals surface area contributed by atoms with E-state index < -0.39 is 35.5 Å². The number of carbonyl (C=O) groups is 3. The summed E-state index contributed by atoms with van der Waals surface area (Å²) >= 11 is 0. The predicted octanol–water partition coefficient (Wildman–Crippen LogP) is 1.09. The molecule has 10 heteroatoms. The molecule has 1 saturated heterocycles. The van der Waals surface area contributed by atoms with E-state index in [1.165, 1.54) is 0 Å². The molecule has 1 heterocycles. The van der Waals surface area contributed by atoms with Crippen molar-refractivity contribution < 1.29 is 38.8 Å². The number of rotatable bonds is 8. The van der Waals surface area contributed by atoms with Crippen molar-refractivity contribution in [2.75, 3.05) is 13.2 Å². The molecule has 1 aliphatic rings. The number of carbonyl (C=O) groups excluding carboxylic acids is 1. The number of ether oxygens (including phenoxy) is 3. The van der Waals surface area contributed by atoms with Gasteiger partial charge in [-0.25, -0.2) is 14.4 Å². The van der Waals surface area contributed by atoms with Gasteiger partial charge in [0.15, 0.2) is 6.29 Å². The summed E-state index contributed by atoms with van der Waals surface area (Å²) in [7, 11) is 0. The Kier molecular flexibility index (Phi) is 10.2. The van der Waals surface area contributed by atoms with Crippen LogP contribution in [0.15, 0.2) is 0 Å². The molecule has 0 aromatic heterocycles. The van der Waals surface area contributed by atoms with E-state index in [2.05, 4.69) is 5.32 Å². The van der Waals surface area contributed by atoms with Gasteiger partial charge in [0.2, 0.25) is 0 Å². The molecule has 9 nitrogen and oxygen atoms in total. The van der Waals surface area contributed by atoms with E-state index in [9.17, 15) is 24.6 Å². The predicted molar refractivity (Wildman–Crippen MR) is 93.3 cm³/mol. The van der Waals surface area contributed by atoms with Crippen LogP contribution in [-0.4, -0.2) is 77.7 Å². The van der Waals surface area contributed by atoms with Crippen molar-refractivity contribution in [3.8, 4) is 0 Å². The average molecular weight is 369 g/mol. The molecule has 1 aliphatic heterocycles. The molecule has 0 aromatic carbocycles. The number of carboxylic acid groups (broad SMARTS) is 2. The number of alkyl carbamates (subject to hydrolysis) is 1. The second-order valence-corrected chi connectivity index (χ2v) is 6.88. The molecule has 1 unspecified atom stereocenters. The number of nitrogens with one attached hydrogen (secondary N) is 1. The Labute approximate surface area is 164 Å². The van der Waals surface area contributed by atoms with E-state index >= 15 is 0 Å². The second kappa shape index (κ2) is 10.8. The monoisotopic (exact) mass is 369 g/mol. The Morgan fingerprint density at radius 3 is 2.23 bits per heavy atom. The second-order valence-electron chi connectivity index (χ2n) is 6.88. The zero-order chi connectivity index (χ0) is 19.1. The van der Waals surface area contributed by atoms with Gasteiger partial charge in [-0.2, -0.15) is 0 Å². The SMILES string of the molecule is CC(C)(C)OC(=O)NCCCC(OC1CCCCO1)(C(=O)O)C(=O)O.[LiH]. The van der Waals surface area contributed by atoms with Crippen molar-refractivity contribution in [2.24, 2.45) is 0 Å². The number of hydrogen-bond donors (Lipinski definition) is 3. The fourth-order valence-electron chi connectivity index (χ4n) is 2.34. The van der Waals surface area contributed by atoms with E-state index in [1.54, 1.807) is 20.8 Å². The fraction of sp³-hybridized carbons (Fsp3) is 0.812. The van der Waals surface area contributed by atoms with E-state index in [4.69, 9.17) is 14.2 Å². The number of aliphatic carboxylic acids is 2. The van der Waals surface area contributed by atoms with Crippen LogP contribution in [0, 0.1) is 0 Å². The molecule has 0 bridgehead atoms. The van der Waals surface area contributed by atoms with Gasteiger partial charge in [-0.3, -0.25) is 0 Å². The van der Waals surface area contributed by atoms with Crippen LogP contribution in [-0.2, 0) is 23.8 Å². The fourth-order valence-corrected chi connectivity index (χ4v) is 2.34. The zero-order valence-corrected chi connectivity index (χ0v) is 14.9. The Hall–Kier alpha value is -1.27. The van der Waals surface area contributed by atoms with Crippen molar-refractivity contribution in [3.63, 3.8) is 0 Å². The number of amides is 1. The maximum atomic E-state index is 11.6. The molecule has 3 N–H and O–H groups in total. The van der Waals surface area contributed by atoms with Gasteiger partial charge in [-0.05, 0) is 46.5 Å². The minimum atomic E-state index is -2.41. The molecule has 26 heavy (non-hydrogen) atoms. The van der Waals surface area contributed by atoms with Crippen molar-refractivity contribution in [1.29, 1.82) is 0 Å². The molecule has 0 saturated carbocycles. The first-order chi connectivity index (χ1) is 11.6. The quantitative estimate of drug-likeness (QED) is 0.329. The molecule has 0 spiro atoms. The first-order valence-corrected chi connectivity index (χ1v) is 8.30. The summed E-state index contributed by atoms with van der Waals surface area (Å²) in [6.07, 6.45) is 0.309. The van der Waals surface area contributed by atoms with Crippen LogP contribution in [0.2, 0.25) is 0 Å². The van der Waals surface area contributed by atoms with Gasteiger partial charge < -0.3 is 29.7 Å². The molecule has 1 rings (SSSR count). The van der Waals surface area contributed by atoms with Gasteiger partial charge in [0, 0.05) is 19.6 Å². The van der Waals surface area contributed by atoms with Crippen LogP contribution >= 0.6 is 0 Å². The topological polar surface area (TPSA) is 131 Å². The Morgan fingerprint density at radius 1 is 1.15 bits per heavy atom. The summed E-state index contributed by atoms with van der Waals surface area (Å²) in [6.45, 7) is 5.60. The molecular weight excluding hydrogens is 341 g/mol. The van der Waals surface area contributed by atoms with Crippen LogP contribution in [0.3, 0.4) is 0 Å². The molecule has 1 atom stereocenters. The third-order valence-corrected chi connectivity index (χ3v) is 3.54. The molecule has 0 aliphatic carbocycles. The van der Waals surface area contributed by atoms with E-state index in [0.29, 0.717) is 13.0 Å². The van der Waals surface area contributed by atoms with Crippen LogP contribution in [0.1, 0.15) is 52.9 Å². The molecule has 0 radical (unpaired) electrons. The Bertz CT molecular complexity index is 471. The van der Waals surface area contributed by atoms with Crippen LogP contribution in [0.4, 0.5) is 4.79 Å². The summed E-state index contributed by atoms with van der Waals surface area (Å²) in [6, 6.07) is 0. The zero-order valence-electron chi connectivity index (χ0n) is 14.9. The molecule has 1 amide bonds. The standard InChI is InChI=1S/C16H27NO8.Li.H/c1-15(2,3)25-14(22)17-9-6-8-16(12(18)19,13(20)21)24-11-7-4-5-10-23-11;;/h11H,4-10H2,1-3H3,(H,17,22)(H,18,19)(H,20,21);;. The van der Waals surface area contributed by atoms with Gasteiger partial charge >= 0.3 is 36.9 Å².